The summed E-state index contributed by atoms with van der Waals surface area (Å²) in [5, 5.41) is 2.22. The van der Waals surface area contributed by atoms with Gasteiger partial charge in [0.25, 0.3) is 11.1 Å². The van der Waals surface area contributed by atoms with E-state index in [9.17, 15) is 14.4 Å². The third-order valence-electron chi connectivity index (χ3n) is 3.49. The predicted octanol–water partition coefficient (Wildman–Crippen LogP) is 3.07. The maximum atomic E-state index is 12.4. The number of aromatic nitrogens is 1. The summed E-state index contributed by atoms with van der Waals surface area (Å²) in [7, 11) is 0. The maximum absolute atomic E-state index is 12.4. The van der Waals surface area contributed by atoms with Crippen molar-refractivity contribution in [3.05, 3.63) is 64.8 Å². The average molecular weight is 353 g/mol. The van der Waals surface area contributed by atoms with Crippen LogP contribution in [-0.2, 0) is 9.59 Å². The Morgan fingerprint density at radius 2 is 2.00 bits per heavy atom. The first-order valence-corrected chi connectivity index (χ1v) is 8.36. The molecule has 1 fully saturated rings. The minimum Gasteiger partial charge on any atom is -0.325 e. The van der Waals surface area contributed by atoms with Crippen LogP contribution >= 0.6 is 11.8 Å². The molecule has 1 aliphatic heterocycles. The average Bonchev–Trinajstić information content (AvgIpc) is 2.85. The predicted molar refractivity (Wildman–Crippen MR) is 96.7 cm³/mol. The lowest BCUT2D eigenvalue weighted by atomic mass is 10.2. The molecular formula is C18H15N3O3S. The molecule has 0 unspecified atom stereocenters. The summed E-state index contributed by atoms with van der Waals surface area (Å²) in [5.41, 5.74) is 2.41. The Kier molecular flexibility index (Phi) is 4.95. The van der Waals surface area contributed by atoms with Crippen molar-refractivity contribution >= 4 is 40.6 Å². The Morgan fingerprint density at radius 1 is 1.24 bits per heavy atom. The third-order valence-corrected chi connectivity index (χ3v) is 4.40. The van der Waals surface area contributed by atoms with Crippen molar-refractivity contribution in [2.75, 3.05) is 11.9 Å². The summed E-state index contributed by atoms with van der Waals surface area (Å²) in [5.74, 6) is -0.897. The first-order valence-electron chi connectivity index (χ1n) is 7.55. The summed E-state index contributed by atoms with van der Waals surface area (Å²) in [6.45, 7) is 1.63. The second-order valence-electron chi connectivity index (χ2n) is 5.47. The zero-order valence-electron chi connectivity index (χ0n) is 13.4. The van der Waals surface area contributed by atoms with E-state index in [0.29, 0.717) is 5.69 Å². The Balaban J connectivity index is 1.67. The van der Waals surface area contributed by atoms with Crippen LogP contribution in [0.2, 0.25) is 0 Å². The van der Waals surface area contributed by atoms with E-state index < -0.39 is 17.1 Å². The quantitative estimate of drug-likeness (QED) is 0.855. The van der Waals surface area contributed by atoms with Crippen LogP contribution in [0.15, 0.2) is 53.7 Å². The summed E-state index contributed by atoms with van der Waals surface area (Å²) in [4.78, 5) is 41.7. The molecule has 7 heteroatoms. The summed E-state index contributed by atoms with van der Waals surface area (Å²) in [6, 6.07) is 10.8. The van der Waals surface area contributed by atoms with E-state index in [1.807, 2.05) is 19.1 Å². The molecule has 3 rings (SSSR count). The van der Waals surface area contributed by atoms with Gasteiger partial charge in [0.05, 0.1) is 4.91 Å². The van der Waals surface area contributed by atoms with Gasteiger partial charge in [-0.25, -0.2) is 0 Å². The van der Waals surface area contributed by atoms with Crippen molar-refractivity contribution in [2.24, 2.45) is 0 Å². The number of amides is 3. The summed E-state index contributed by atoms with van der Waals surface area (Å²) >= 11 is 0.818. The monoisotopic (exact) mass is 353 g/mol. The van der Waals surface area contributed by atoms with Crippen LogP contribution in [0.3, 0.4) is 0 Å². The van der Waals surface area contributed by atoms with E-state index in [1.165, 1.54) is 0 Å². The topological polar surface area (TPSA) is 79.4 Å². The molecule has 0 aliphatic carbocycles. The largest absolute Gasteiger partial charge is 0.325 e. The molecule has 0 spiro atoms. The highest BCUT2D eigenvalue weighted by atomic mass is 32.2. The first-order chi connectivity index (χ1) is 12.0. The summed E-state index contributed by atoms with van der Waals surface area (Å²) in [6.07, 6.45) is 4.81. The maximum Gasteiger partial charge on any atom is 0.294 e. The second-order valence-corrected chi connectivity index (χ2v) is 6.46. The molecule has 1 saturated heterocycles. The molecular weight excluding hydrogens is 338 g/mol. The van der Waals surface area contributed by atoms with Crippen molar-refractivity contribution in [2.45, 2.75) is 6.92 Å². The number of thioether (sulfide) groups is 1. The smallest absolute Gasteiger partial charge is 0.294 e. The number of anilines is 1. The highest BCUT2D eigenvalue weighted by molar-refractivity contribution is 8.18. The van der Waals surface area contributed by atoms with Crippen LogP contribution in [-0.4, -0.2) is 33.5 Å². The van der Waals surface area contributed by atoms with Gasteiger partial charge in [-0.1, -0.05) is 23.8 Å². The van der Waals surface area contributed by atoms with E-state index in [-0.39, 0.29) is 11.4 Å². The molecule has 6 nitrogen and oxygen atoms in total. The number of carbonyl (C=O) groups is 3. The fraction of sp³-hybridized carbons (Fsp3) is 0.111. The Bertz CT molecular complexity index is 848. The first kappa shape index (κ1) is 16.9. The van der Waals surface area contributed by atoms with Crippen LogP contribution in [0.25, 0.3) is 6.08 Å². The fourth-order valence-corrected chi connectivity index (χ4v) is 3.07. The lowest BCUT2D eigenvalue weighted by Gasteiger charge is -2.12. The van der Waals surface area contributed by atoms with Crippen LogP contribution in [0.5, 0.6) is 0 Å². The van der Waals surface area contributed by atoms with E-state index in [1.54, 1.807) is 42.7 Å². The van der Waals surface area contributed by atoms with E-state index in [0.717, 1.165) is 27.8 Å². The Labute approximate surface area is 148 Å². The zero-order valence-corrected chi connectivity index (χ0v) is 14.2. The lowest BCUT2D eigenvalue weighted by molar-refractivity contribution is -0.127. The molecule has 126 valence electrons. The molecule has 1 aromatic heterocycles. The molecule has 0 atom stereocenters. The van der Waals surface area contributed by atoms with Gasteiger partial charge in [-0.15, -0.1) is 0 Å². The number of hydrogen-bond donors (Lipinski definition) is 1. The van der Waals surface area contributed by atoms with Crippen LogP contribution in [0.1, 0.15) is 11.1 Å². The normalized spacial score (nSPS) is 15.7. The molecule has 0 saturated carbocycles. The van der Waals surface area contributed by atoms with Crippen molar-refractivity contribution in [3.63, 3.8) is 0 Å². The van der Waals surface area contributed by atoms with Crippen LogP contribution in [0.4, 0.5) is 10.5 Å². The molecule has 2 aromatic rings. The molecule has 1 aliphatic rings. The van der Waals surface area contributed by atoms with Gasteiger partial charge in [0.2, 0.25) is 5.91 Å². The van der Waals surface area contributed by atoms with Gasteiger partial charge in [0.15, 0.2) is 0 Å². The molecule has 1 N–H and O–H groups in total. The number of pyridine rings is 1. The van der Waals surface area contributed by atoms with Gasteiger partial charge >= 0.3 is 0 Å². The Morgan fingerprint density at radius 3 is 2.68 bits per heavy atom. The van der Waals surface area contributed by atoms with Crippen LogP contribution in [0, 0.1) is 6.92 Å². The molecule has 2 heterocycles. The minimum atomic E-state index is -0.474. The third kappa shape index (κ3) is 4.13. The van der Waals surface area contributed by atoms with E-state index in [4.69, 9.17) is 0 Å². The fourth-order valence-electron chi connectivity index (χ4n) is 2.23. The van der Waals surface area contributed by atoms with E-state index >= 15 is 0 Å². The van der Waals surface area contributed by atoms with Crippen molar-refractivity contribution < 1.29 is 14.4 Å². The highest BCUT2D eigenvalue weighted by Gasteiger charge is 2.36. The molecule has 0 radical (unpaired) electrons. The minimum absolute atomic E-state index is 0.279. The SMILES string of the molecule is Cc1ccc(NC(=O)CN2C(=O)S/C(=C\c3cccnc3)C2=O)cc1. The Hall–Kier alpha value is -2.93. The molecule has 3 amide bonds. The highest BCUT2D eigenvalue weighted by Crippen LogP contribution is 2.31. The lowest BCUT2D eigenvalue weighted by Crippen LogP contribution is -2.36. The number of nitrogens with one attached hydrogen (secondary N) is 1. The van der Waals surface area contributed by atoms with Gasteiger partial charge < -0.3 is 5.32 Å². The number of carbonyl (C=O) groups excluding carboxylic acids is 3. The molecule has 1 aromatic carbocycles. The standard InChI is InChI=1S/C18H15N3O3S/c1-12-4-6-14(7-5-12)20-16(22)11-21-17(23)15(25-18(21)24)9-13-3-2-8-19-10-13/h2-10H,11H2,1H3,(H,20,22)/b15-9-. The molecule has 0 bridgehead atoms. The summed E-state index contributed by atoms with van der Waals surface area (Å²) < 4.78 is 0. The molecule has 25 heavy (non-hydrogen) atoms. The van der Waals surface area contributed by atoms with Crippen LogP contribution < -0.4 is 5.32 Å². The number of imide groups is 1. The number of rotatable bonds is 4. The van der Waals surface area contributed by atoms with Crippen molar-refractivity contribution in [1.29, 1.82) is 0 Å². The van der Waals surface area contributed by atoms with Crippen molar-refractivity contribution in [1.82, 2.24) is 9.88 Å². The van der Waals surface area contributed by atoms with E-state index in [2.05, 4.69) is 10.3 Å². The van der Waals surface area contributed by atoms with Gasteiger partial charge in [0, 0.05) is 18.1 Å². The van der Waals surface area contributed by atoms with Gasteiger partial charge in [-0.05, 0) is 48.5 Å². The van der Waals surface area contributed by atoms with Gasteiger partial charge in [-0.2, -0.15) is 0 Å². The number of aryl methyl sites for hydroxylation is 1. The zero-order chi connectivity index (χ0) is 17.8. The number of benzene rings is 1. The number of nitrogens with zero attached hydrogens (tertiary/aromatic N) is 2. The van der Waals surface area contributed by atoms with Gasteiger partial charge in [0.1, 0.15) is 6.54 Å². The second kappa shape index (κ2) is 7.31. The van der Waals surface area contributed by atoms with Gasteiger partial charge in [-0.3, -0.25) is 24.3 Å². The van der Waals surface area contributed by atoms with Crippen molar-refractivity contribution in [3.8, 4) is 0 Å². The number of hydrogen-bond acceptors (Lipinski definition) is 5.